The molecule has 32 heavy (non-hydrogen) atoms. The standard InChI is InChI=1S/C25H27N3O3S/c29-24-9-7-18-6-8-19(16-21(18)26-24)31-14-2-1-11-27-12-13-28(17-25(27)30)22-4-3-5-23-20(22)10-15-32-23/h3-10,15-16,25,30H,1-2,11-14,17H2,(H,26,29). The van der Waals surface area contributed by atoms with Gasteiger partial charge >= 0.3 is 0 Å². The second kappa shape index (κ2) is 9.32. The third-order valence-corrected chi connectivity index (χ3v) is 6.96. The van der Waals surface area contributed by atoms with Gasteiger partial charge in [-0.2, -0.15) is 0 Å². The highest BCUT2D eigenvalue weighted by Gasteiger charge is 2.25. The Morgan fingerprint density at radius 3 is 2.91 bits per heavy atom. The molecule has 0 radical (unpaired) electrons. The SMILES string of the molecule is O=c1ccc2ccc(OCCCCN3CCN(c4cccc5sccc45)CC3O)cc2[nH]1. The fraction of sp³-hybridized carbons (Fsp3) is 0.320. The van der Waals surface area contributed by atoms with Gasteiger partial charge in [0.1, 0.15) is 12.0 Å². The number of hydrogen-bond donors (Lipinski definition) is 2. The van der Waals surface area contributed by atoms with Crippen molar-refractivity contribution in [1.29, 1.82) is 0 Å². The zero-order valence-corrected chi connectivity index (χ0v) is 18.7. The summed E-state index contributed by atoms with van der Waals surface area (Å²) in [5.74, 6) is 0.760. The van der Waals surface area contributed by atoms with Gasteiger partial charge in [-0.05, 0) is 60.0 Å². The number of piperazine rings is 1. The summed E-state index contributed by atoms with van der Waals surface area (Å²) in [6.07, 6.45) is 1.40. The Balaban J connectivity index is 1.09. The second-order valence-electron chi connectivity index (χ2n) is 8.20. The first kappa shape index (κ1) is 21.0. The summed E-state index contributed by atoms with van der Waals surface area (Å²) in [4.78, 5) is 18.8. The van der Waals surface area contributed by atoms with Crippen LogP contribution in [0, 0.1) is 0 Å². The molecular formula is C25H27N3O3S. The largest absolute Gasteiger partial charge is 0.494 e. The number of aromatic amines is 1. The maximum atomic E-state index is 11.5. The lowest BCUT2D eigenvalue weighted by molar-refractivity contribution is -0.00462. The molecule has 1 saturated heterocycles. The Labute approximate surface area is 190 Å². The number of β-amino-alcohol motifs (C(OH)–C–C–N with tert-alkyl or cyclic N) is 1. The molecule has 4 aromatic rings. The highest BCUT2D eigenvalue weighted by atomic mass is 32.1. The lowest BCUT2D eigenvalue weighted by Gasteiger charge is -2.40. The number of rotatable bonds is 7. The number of ether oxygens (including phenoxy) is 1. The van der Waals surface area contributed by atoms with Crippen LogP contribution in [0.2, 0.25) is 0 Å². The number of benzene rings is 2. The fourth-order valence-corrected chi connectivity index (χ4v) is 5.17. The fourth-order valence-electron chi connectivity index (χ4n) is 4.36. The van der Waals surface area contributed by atoms with Gasteiger partial charge in [0.25, 0.3) is 0 Å². The first-order valence-corrected chi connectivity index (χ1v) is 11.9. The average Bonchev–Trinajstić information content (AvgIpc) is 3.28. The summed E-state index contributed by atoms with van der Waals surface area (Å²) in [7, 11) is 0. The van der Waals surface area contributed by atoms with E-state index in [4.69, 9.17) is 4.74 Å². The van der Waals surface area contributed by atoms with Gasteiger partial charge in [0.15, 0.2) is 0 Å². The molecule has 1 aliphatic rings. The van der Waals surface area contributed by atoms with Crippen molar-refractivity contribution in [2.24, 2.45) is 0 Å². The van der Waals surface area contributed by atoms with E-state index in [0.29, 0.717) is 13.2 Å². The van der Waals surface area contributed by atoms with Crippen molar-refractivity contribution in [1.82, 2.24) is 9.88 Å². The molecule has 0 amide bonds. The van der Waals surface area contributed by atoms with Crippen LogP contribution in [0.3, 0.4) is 0 Å². The van der Waals surface area contributed by atoms with Crippen molar-refractivity contribution < 1.29 is 9.84 Å². The maximum absolute atomic E-state index is 11.5. The molecule has 0 aliphatic carbocycles. The summed E-state index contributed by atoms with van der Waals surface area (Å²) in [5.41, 5.74) is 1.89. The highest BCUT2D eigenvalue weighted by molar-refractivity contribution is 7.17. The van der Waals surface area contributed by atoms with Gasteiger partial charge in [0, 0.05) is 47.5 Å². The lowest BCUT2D eigenvalue weighted by Crippen LogP contribution is -2.53. The number of nitrogens with zero attached hydrogens (tertiary/aromatic N) is 2. The van der Waals surface area contributed by atoms with Gasteiger partial charge < -0.3 is 19.7 Å². The molecule has 7 heteroatoms. The lowest BCUT2D eigenvalue weighted by atomic mass is 10.1. The number of fused-ring (bicyclic) bond motifs is 2. The minimum atomic E-state index is -0.462. The Kier molecular flexibility index (Phi) is 6.12. The van der Waals surface area contributed by atoms with Crippen LogP contribution >= 0.6 is 11.3 Å². The van der Waals surface area contributed by atoms with Crippen molar-refractivity contribution in [2.45, 2.75) is 19.1 Å². The van der Waals surface area contributed by atoms with Crippen LogP contribution in [0.4, 0.5) is 5.69 Å². The molecule has 0 saturated carbocycles. The van der Waals surface area contributed by atoms with E-state index in [1.165, 1.54) is 21.8 Å². The average molecular weight is 450 g/mol. The monoisotopic (exact) mass is 449 g/mol. The van der Waals surface area contributed by atoms with Crippen molar-refractivity contribution in [3.05, 3.63) is 70.3 Å². The number of aliphatic hydroxyl groups is 1. The minimum absolute atomic E-state index is 0.111. The Bertz CT molecular complexity index is 1270. The molecule has 0 bridgehead atoms. The van der Waals surface area contributed by atoms with Crippen LogP contribution in [0.1, 0.15) is 12.8 Å². The molecule has 1 aliphatic heterocycles. The topological polar surface area (TPSA) is 68.8 Å². The molecule has 5 rings (SSSR count). The molecule has 1 atom stereocenters. The van der Waals surface area contributed by atoms with E-state index >= 15 is 0 Å². The van der Waals surface area contributed by atoms with Crippen molar-refractivity contribution in [2.75, 3.05) is 37.7 Å². The van der Waals surface area contributed by atoms with Crippen molar-refractivity contribution in [3.8, 4) is 5.75 Å². The van der Waals surface area contributed by atoms with Crippen LogP contribution in [0.25, 0.3) is 21.0 Å². The Morgan fingerprint density at radius 2 is 2.00 bits per heavy atom. The van der Waals surface area contributed by atoms with E-state index in [0.717, 1.165) is 49.1 Å². The van der Waals surface area contributed by atoms with Gasteiger partial charge in [0.05, 0.1) is 18.7 Å². The van der Waals surface area contributed by atoms with Crippen LogP contribution in [-0.2, 0) is 0 Å². The molecule has 1 unspecified atom stereocenters. The molecular weight excluding hydrogens is 422 g/mol. The number of thiophene rings is 1. The predicted molar refractivity (Wildman–Crippen MR) is 131 cm³/mol. The third-order valence-electron chi connectivity index (χ3n) is 6.08. The smallest absolute Gasteiger partial charge is 0.248 e. The van der Waals surface area contributed by atoms with Crippen LogP contribution < -0.4 is 15.2 Å². The second-order valence-corrected chi connectivity index (χ2v) is 9.15. The first-order chi connectivity index (χ1) is 15.7. The summed E-state index contributed by atoms with van der Waals surface area (Å²) in [6, 6.07) is 17.6. The molecule has 0 spiro atoms. The number of unbranched alkanes of at least 4 members (excludes halogenated alkanes) is 1. The number of aromatic nitrogens is 1. The number of aliphatic hydroxyl groups excluding tert-OH is 1. The number of anilines is 1. The van der Waals surface area contributed by atoms with Crippen LogP contribution in [0.5, 0.6) is 5.75 Å². The Hall–Kier alpha value is -2.87. The third kappa shape index (κ3) is 4.50. The molecule has 166 valence electrons. The first-order valence-electron chi connectivity index (χ1n) is 11.1. The molecule has 2 aromatic heterocycles. The molecule has 2 aromatic carbocycles. The van der Waals surface area contributed by atoms with Crippen molar-refractivity contribution >= 4 is 38.0 Å². The summed E-state index contributed by atoms with van der Waals surface area (Å²) in [6.45, 7) is 3.85. The maximum Gasteiger partial charge on any atom is 0.248 e. The van der Waals surface area contributed by atoms with Gasteiger partial charge in [-0.3, -0.25) is 9.69 Å². The molecule has 3 heterocycles. The zero-order chi connectivity index (χ0) is 21.9. The molecule has 1 fully saturated rings. The summed E-state index contributed by atoms with van der Waals surface area (Å²) < 4.78 is 7.16. The summed E-state index contributed by atoms with van der Waals surface area (Å²) in [5, 5.41) is 15.1. The number of hydrogen-bond acceptors (Lipinski definition) is 6. The van der Waals surface area contributed by atoms with E-state index in [1.54, 1.807) is 11.3 Å². The van der Waals surface area contributed by atoms with Crippen LogP contribution in [0.15, 0.2) is 64.8 Å². The van der Waals surface area contributed by atoms with Gasteiger partial charge in [-0.15, -0.1) is 11.3 Å². The van der Waals surface area contributed by atoms with Gasteiger partial charge in [-0.1, -0.05) is 6.07 Å². The van der Waals surface area contributed by atoms with E-state index in [2.05, 4.69) is 44.4 Å². The summed E-state index contributed by atoms with van der Waals surface area (Å²) >= 11 is 1.75. The van der Waals surface area contributed by atoms with Crippen LogP contribution in [-0.4, -0.2) is 54.0 Å². The van der Waals surface area contributed by atoms with Gasteiger partial charge in [0.2, 0.25) is 5.56 Å². The van der Waals surface area contributed by atoms with E-state index < -0.39 is 6.23 Å². The number of pyridine rings is 1. The normalized spacial score (nSPS) is 17.3. The quantitative estimate of drug-likeness (QED) is 0.417. The van der Waals surface area contributed by atoms with Crippen molar-refractivity contribution in [3.63, 3.8) is 0 Å². The number of H-pyrrole nitrogens is 1. The Morgan fingerprint density at radius 1 is 1.09 bits per heavy atom. The van der Waals surface area contributed by atoms with E-state index in [9.17, 15) is 9.90 Å². The molecule has 6 nitrogen and oxygen atoms in total. The zero-order valence-electron chi connectivity index (χ0n) is 17.9. The predicted octanol–water partition coefficient (Wildman–Crippen LogP) is 4.04. The minimum Gasteiger partial charge on any atom is -0.494 e. The number of nitrogens with one attached hydrogen (secondary N) is 1. The van der Waals surface area contributed by atoms with E-state index in [-0.39, 0.29) is 5.56 Å². The van der Waals surface area contributed by atoms with E-state index in [1.807, 2.05) is 24.3 Å². The molecule has 2 N–H and O–H groups in total. The highest BCUT2D eigenvalue weighted by Crippen LogP contribution is 2.31. The van der Waals surface area contributed by atoms with Gasteiger partial charge in [-0.25, -0.2) is 0 Å².